The molecule has 3 atom stereocenters. The van der Waals surface area contributed by atoms with Crippen LogP contribution >= 0.6 is 0 Å². The number of nitrogens with zero attached hydrogens (tertiary/aromatic N) is 2. The maximum atomic E-state index is 13.2. The van der Waals surface area contributed by atoms with Gasteiger partial charge in [-0.2, -0.15) is 0 Å². The van der Waals surface area contributed by atoms with E-state index in [1.165, 1.54) is 12.1 Å². The molecule has 0 amide bonds. The van der Waals surface area contributed by atoms with E-state index in [2.05, 4.69) is 34.1 Å². The molecule has 1 fully saturated rings. The second-order valence-electron chi connectivity index (χ2n) is 6.81. The third-order valence-corrected chi connectivity index (χ3v) is 4.93. The lowest BCUT2D eigenvalue weighted by Gasteiger charge is -2.34. The first kappa shape index (κ1) is 15.3. The molecule has 1 saturated heterocycles. The molecule has 4 rings (SSSR count). The molecule has 1 aromatic rings. The molecule has 3 heterocycles. The van der Waals surface area contributed by atoms with Crippen LogP contribution in [0.4, 0.5) is 4.39 Å². The van der Waals surface area contributed by atoms with E-state index >= 15 is 0 Å². The van der Waals surface area contributed by atoms with Gasteiger partial charge in [-0.25, -0.2) is 9.37 Å². The molecule has 3 aliphatic rings. The predicted molar refractivity (Wildman–Crippen MR) is 91.5 cm³/mol. The van der Waals surface area contributed by atoms with Gasteiger partial charge in [0.25, 0.3) is 0 Å². The molecule has 0 bridgehead atoms. The summed E-state index contributed by atoms with van der Waals surface area (Å²) in [5.74, 6) is 1.16. The maximum absolute atomic E-state index is 13.2. The van der Waals surface area contributed by atoms with Crippen molar-refractivity contribution < 1.29 is 4.39 Å². The molecule has 4 nitrogen and oxygen atoms in total. The number of hydrogen-bond acceptors (Lipinski definition) is 3. The molecule has 2 N–H and O–H groups in total. The molecule has 0 aliphatic carbocycles. The van der Waals surface area contributed by atoms with Crippen molar-refractivity contribution >= 4 is 0 Å². The Morgan fingerprint density at radius 2 is 1.88 bits per heavy atom. The minimum Gasteiger partial charge on any atom is -0.341 e. The highest BCUT2D eigenvalue weighted by Crippen LogP contribution is 2.36. The molecule has 0 spiro atoms. The van der Waals surface area contributed by atoms with Gasteiger partial charge in [-0.15, -0.1) is 0 Å². The van der Waals surface area contributed by atoms with E-state index in [1.54, 1.807) is 0 Å². The monoisotopic (exact) mass is 324 g/mol. The number of fused-ring (bicyclic) bond motifs is 1. The zero-order chi connectivity index (χ0) is 16.7. The van der Waals surface area contributed by atoms with Gasteiger partial charge in [0, 0.05) is 24.2 Å². The highest BCUT2D eigenvalue weighted by atomic mass is 19.1. The van der Waals surface area contributed by atoms with Gasteiger partial charge < -0.3 is 10.3 Å². The summed E-state index contributed by atoms with van der Waals surface area (Å²) in [5.41, 5.74) is 4.25. The average Bonchev–Trinajstić information content (AvgIpc) is 2.96. The number of rotatable bonds is 2. The number of H-pyrrole nitrogens is 1. The topological polar surface area (TPSA) is 53.6 Å². The molecule has 24 heavy (non-hydrogen) atoms. The number of benzene rings is 1. The lowest BCUT2D eigenvalue weighted by Crippen LogP contribution is -2.38. The van der Waals surface area contributed by atoms with Crippen molar-refractivity contribution in [1.29, 1.82) is 0 Å². The molecule has 3 aliphatic heterocycles. The highest BCUT2D eigenvalue weighted by molar-refractivity contribution is 5.59. The minimum atomic E-state index is -0.196. The zero-order valence-electron chi connectivity index (χ0n) is 13.9. The first-order valence-corrected chi connectivity index (χ1v) is 8.42. The number of halogens is 1. The van der Waals surface area contributed by atoms with Crippen LogP contribution in [0.1, 0.15) is 48.7 Å². The third kappa shape index (κ3) is 2.80. The van der Waals surface area contributed by atoms with Gasteiger partial charge in [-0.1, -0.05) is 12.1 Å². The van der Waals surface area contributed by atoms with Crippen LogP contribution in [-0.2, 0) is 0 Å². The van der Waals surface area contributed by atoms with E-state index in [9.17, 15) is 4.39 Å². The number of aromatic amines is 1. The number of nitrogens with one attached hydrogen (secondary N) is 2. The van der Waals surface area contributed by atoms with E-state index in [-0.39, 0.29) is 11.9 Å². The first-order chi connectivity index (χ1) is 11.6. The van der Waals surface area contributed by atoms with Crippen molar-refractivity contribution in [2.45, 2.75) is 44.7 Å². The Kier molecular flexibility index (Phi) is 3.81. The summed E-state index contributed by atoms with van der Waals surface area (Å²) in [6, 6.07) is 7.38. The van der Waals surface area contributed by atoms with E-state index in [1.807, 2.05) is 24.5 Å². The number of piperidine rings is 1. The molecule has 5 heteroatoms. The van der Waals surface area contributed by atoms with Crippen molar-refractivity contribution in [1.82, 2.24) is 20.3 Å². The van der Waals surface area contributed by atoms with Crippen molar-refractivity contribution in [2.75, 3.05) is 0 Å². The molecule has 124 valence electrons. The summed E-state index contributed by atoms with van der Waals surface area (Å²) in [6.07, 6.45) is 5.70. The van der Waals surface area contributed by atoms with E-state index in [4.69, 9.17) is 0 Å². The zero-order valence-corrected chi connectivity index (χ0v) is 13.9. The van der Waals surface area contributed by atoms with E-state index in [0.717, 1.165) is 41.2 Å². The number of aromatic nitrogens is 3. The normalized spacial score (nSPS) is 24.4. The Morgan fingerprint density at radius 3 is 2.67 bits per heavy atom. The van der Waals surface area contributed by atoms with Crippen LogP contribution in [0.15, 0.2) is 36.7 Å². The second-order valence-corrected chi connectivity index (χ2v) is 6.81. The summed E-state index contributed by atoms with van der Waals surface area (Å²) in [5, 5.41) is 3.62. The summed E-state index contributed by atoms with van der Waals surface area (Å²) < 4.78 is 13.2. The molecule has 0 radical (unpaired) electrons. The summed E-state index contributed by atoms with van der Waals surface area (Å²) in [4.78, 5) is 12.4. The Balaban J connectivity index is 1.63. The molecular formula is C19H21FN4. The van der Waals surface area contributed by atoms with Crippen LogP contribution in [0.2, 0.25) is 0 Å². The van der Waals surface area contributed by atoms with Gasteiger partial charge in [0.2, 0.25) is 0 Å². The van der Waals surface area contributed by atoms with Gasteiger partial charge in [0.15, 0.2) is 0 Å². The van der Waals surface area contributed by atoms with Crippen molar-refractivity contribution in [3.63, 3.8) is 0 Å². The smallest absolute Gasteiger partial charge is 0.123 e. The Bertz CT molecular complexity index is 811. The fraction of sp³-hybridized carbons (Fsp3) is 0.368. The fourth-order valence-corrected chi connectivity index (χ4v) is 3.69. The van der Waals surface area contributed by atoms with Crippen LogP contribution in [0.5, 0.6) is 0 Å². The second kappa shape index (κ2) is 5.98. The summed E-state index contributed by atoms with van der Waals surface area (Å²) >= 11 is 0. The molecule has 0 aromatic heterocycles. The van der Waals surface area contributed by atoms with E-state index in [0.29, 0.717) is 12.0 Å². The van der Waals surface area contributed by atoms with Crippen LogP contribution in [0.25, 0.3) is 11.4 Å². The SMILES string of the molecule is Cc1cnc2cnc(C3CC(C)NC(c4ccc(F)cc4)C3)[nH]c1-2. The maximum Gasteiger partial charge on any atom is 0.123 e. The largest absolute Gasteiger partial charge is 0.341 e. The molecule has 1 aromatic carbocycles. The van der Waals surface area contributed by atoms with Crippen LogP contribution in [0.3, 0.4) is 0 Å². The van der Waals surface area contributed by atoms with Crippen LogP contribution in [-0.4, -0.2) is 21.0 Å². The fourth-order valence-electron chi connectivity index (χ4n) is 3.69. The van der Waals surface area contributed by atoms with Gasteiger partial charge >= 0.3 is 0 Å². The Morgan fingerprint density at radius 1 is 1.08 bits per heavy atom. The van der Waals surface area contributed by atoms with Crippen molar-refractivity contribution in [2.24, 2.45) is 0 Å². The first-order valence-electron chi connectivity index (χ1n) is 8.42. The number of hydrogen-bond donors (Lipinski definition) is 2. The van der Waals surface area contributed by atoms with Crippen molar-refractivity contribution in [3.05, 3.63) is 59.4 Å². The van der Waals surface area contributed by atoms with E-state index < -0.39 is 0 Å². The number of aryl methyl sites for hydroxylation is 1. The lowest BCUT2D eigenvalue weighted by molar-refractivity contribution is 0.299. The predicted octanol–water partition coefficient (Wildman–Crippen LogP) is 3.95. The average molecular weight is 324 g/mol. The molecular weight excluding hydrogens is 303 g/mol. The summed E-state index contributed by atoms with van der Waals surface area (Å²) in [7, 11) is 0. The quantitative estimate of drug-likeness (QED) is 0.750. The Hall–Kier alpha value is -2.27. The summed E-state index contributed by atoms with van der Waals surface area (Å²) in [6.45, 7) is 4.25. The third-order valence-electron chi connectivity index (χ3n) is 4.93. The van der Waals surface area contributed by atoms with Crippen LogP contribution in [0, 0.1) is 12.7 Å². The minimum absolute atomic E-state index is 0.196. The van der Waals surface area contributed by atoms with Gasteiger partial charge in [0.05, 0.1) is 11.9 Å². The van der Waals surface area contributed by atoms with Crippen molar-refractivity contribution in [3.8, 4) is 11.4 Å². The van der Waals surface area contributed by atoms with Gasteiger partial charge in [-0.05, 0) is 49.9 Å². The molecule has 0 saturated carbocycles. The highest BCUT2D eigenvalue weighted by Gasteiger charge is 2.29. The standard InChI is InChI=1S/C19H21FN4/c1-11-9-21-17-10-22-19(24-18(11)17)14-7-12(2)23-16(8-14)13-3-5-15(20)6-4-13/h3-6,9-10,12,14,16,23H,7-8H2,1-2H3,(H,22,24). The van der Waals surface area contributed by atoms with Crippen LogP contribution < -0.4 is 5.32 Å². The Labute approximate surface area is 140 Å². The van der Waals surface area contributed by atoms with Gasteiger partial charge in [0.1, 0.15) is 17.3 Å². The molecule has 3 unspecified atom stereocenters. The van der Waals surface area contributed by atoms with Gasteiger partial charge in [-0.3, -0.25) is 4.98 Å². The lowest BCUT2D eigenvalue weighted by atomic mass is 9.85.